The van der Waals surface area contributed by atoms with E-state index in [4.69, 9.17) is 5.73 Å². The highest BCUT2D eigenvalue weighted by atomic mass is 16.2. The molecule has 0 radical (unpaired) electrons. The third-order valence-electron chi connectivity index (χ3n) is 4.71. The minimum Gasteiger partial charge on any atom is -0.344 e. The fourth-order valence-corrected chi connectivity index (χ4v) is 3.16. The molecule has 1 aromatic heterocycles. The van der Waals surface area contributed by atoms with Crippen LogP contribution in [-0.2, 0) is 13.5 Å². The maximum Gasteiger partial charge on any atom is 0.270 e. The molecule has 1 saturated carbocycles. The van der Waals surface area contributed by atoms with Crippen molar-refractivity contribution in [2.75, 3.05) is 6.54 Å². The molecule has 1 aliphatic carbocycles. The van der Waals surface area contributed by atoms with E-state index in [-0.39, 0.29) is 11.4 Å². The Labute approximate surface area is 120 Å². The van der Waals surface area contributed by atoms with Crippen LogP contribution < -0.4 is 11.1 Å². The molecule has 0 aliphatic heterocycles. The van der Waals surface area contributed by atoms with Gasteiger partial charge in [-0.15, -0.1) is 0 Å². The monoisotopic (exact) mass is 278 g/mol. The fourth-order valence-electron chi connectivity index (χ4n) is 3.16. The number of aromatic nitrogens is 2. The molecule has 1 heterocycles. The highest BCUT2D eigenvalue weighted by Gasteiger charge is 2.38. The fraction of sp³-hybridized carbons (Fsp3) is 0.733. The first-order valence-corrected chi connectivity index (χ1v) is 7.58. The summed E-state index contributed by atoms with van der Waals surface area (Å²) in [6.07, 6.45) is 5.29. The van der Waals surface area contributed by atoms with E-state index in [0.29, 0.717) is 18.2 Å². The van der Waals surface area contributed by atoms with E-state index in [9.17, 15) is 4.79 Å². The van der Waals surface area contributed by atoms with Gasteiger partial charge < -0.3 is 11.1 Å². The molecular formula is C15H26N4O. The maximum absolute atomic E-state index is 12.5. The molecule has 20 heavy (non-hydrogen) atoms. The van der Waals surface area contributed by atoms with Crippen LogP contribution in [-0.4, -0.2) is 27.8 Å². The number of aryl methyl sites for hydroxylation is 2. The number of carbonyl (C=O) groups is 1. The van der Waals surface area contributed by atoms with Crippen LogP contribution in [0.5, 0.6) is 0 Å². The van der Waals surface area contributed by atoms with Crippen LogP contribution >= 0.6 is 0 Å². The first-order chi connectivity index (χ1) is 9.52. The molecule has 1 aliphatic rings. The number of hydrogen-bond donors (Lipinski definition) is 2. The zero-order valence-corrected chi connectivity index (χ0v) is 12.8. The summed E-state index contributed by atoms with van der Waals surface area (Å²) in [4.78, 5) is 12.5. The molecule has 5 nitrogen and oxygen atoms in total. The Morgan fingerprint density at radius 1 is 1.60 bits per heavy atom. The van der Waals surface area contributed by atoms with Crippen LogP contribution in [0.3, 0.4) is 0 Å². The van der Waals surface area contributed by atoms with Gasteiger partial charge in [-0.1, -0.05) is 26.7 Å². The molecular weight excluding hydrogens is 252 g/mol. The third-order valence-corrected chi connectivity index (χ3v) is 4.71. The lowest BCUT2D eigenvalue weighted by Gasteiger charge is -2.42. The summed E-state index contributed by atoms with van der Waals surface area (Å²) in [6.45, 7) is 4.72. The highest BCUT2D eigenvalue weighted by Crippen LogP contribution is 2.33. The first-order valence-electron chi connectivity index (χ1n) is 7.58. The summed E-state index contributed by atoms with van der Waals surface area (Å²) < 4.78 is 1.66. The number of carbonyl (C=O) groups excluding carboxylic acids is 1. The van der Waals surface area contributed by atoms with Crippen LogP contribution in [0.4, 0.5) is 0 Å². The number of hydrogen-bond acceptors (Lipinski definition) is 3. The summed E-state index contributed by atoms with van der Waals surface area (Å²) >= 11 is 0. The molecule has 0 spiro atoms. The molecule has 2 unspecified atom stereocenters. The largest absolute Gasteiger partial charge is 0.344 e. The van der Waals surface area contributed by atoms with Gasteiger partial charge in [-0.05, 0) is 31.2 Å². The van der Waals surface area contributed by atoms with Crippen LogP contribution in [0.15, 0.2) is 6.07 Å². The topological polar surface area (TPSA) is 72.9 Å². The Morgan fingerprint density at radius 2 is 2.35 bits per heavy atom. The zero-order valence-electron chi connectivity index (χ0n) is 12.8. The predicted molar refractivity (Wildman–Crippen MR) is 79.5 cm³/mol. The van der Waals surface area contributed by atoms with Crippen molar-refractivity contribution in [3.8, 4) is 0 Å². The van der Waals surface area contributed by atoms with Crippen LogP contribution in [0, 0.1) is 5.92 Å². The standard InChI is InChI=1S/C15H26N4O/c1-4-12-9-13(19(3)18-12)14(20)17-15(10-16)8-6-5-7-11(15)2/h9,11H,4-8,10,16H2,1-3H3,(H,17,20). The van der Waals surface area contributed by atoms with Gasteiger partial charge in [-0.3, -0.25) is 9.48 Å². The van der Waals surface area contributed by atoms with E-state index >= 15 is 0 Å². The summed E-state index contributed by atoms with van der Waals surface area (Å²) in [6, 6.07) is 1.87. The molecule has 0 bridgehead atoms. The van der Waals surface area contributed by atoms with E-state index in [1.54, 1.807) is 4.68 Å². The quantitative estimate of drug-likeness (QED) is 0.879. The van der Waals surface area contributed by atoms with E-state index < -0.39 is 0 Å². The lowest BCUT2D eigenvalue weighted by Crippen LogP contribution is -2.59. The molecule has 1 amide bonds. The smallest absolute Gasteiger partial charge is 0.270 e. The number of nitrogens with one attached hydrogen (secondary N) is 1. The second kappa shape index (κ2) is 5.95. The van der Waals surface area contributed by atoms with E-state index in [2.05, 4.69) is 17.3 Å². The van der Waals surface area contributed by atoms with Gasteiger partial charge in [-0.2, -0.15) is 5.10 Å². The molecule has 0 aromatic carbocycles. The Balaban J connectivity index is 2.18. The minimum atomic E-state index is -0.258. The second-order valence-electron chi connectivity index (χ2n) is 5.96. The molecule has 1 aromatic rings. The van der Waals surface area contributed by atoms with Crippen molar-refractivity contribution in [3.63, 3.8) is 0 Å². The van der Waals surface area contributed by atoms with Crippen molar-refractivity contribution < 1.29 is 4.79 Å². The summed E-state index contributed by atoms with van der Waals surface area (Å²) in [5.74, 6) is 0.364. The molecule has 0 saturated heterocycles. The SMILES string of the molecule is CCc1cc(C(=O)NC2(CN)CCCCC2C)n(C)n1. The van der Waals surface area contributed by atoms with Crippen LogP contribution in [0.1, 0.15) is 55.7 Å². The van der Waals surface area contributed by atoms with E-state index in [0.717, 1.165) is 31.4 Å². The van der Waals surface area contributed by atoms with Crippen LogP contribution in [0.25, 0.3) is 0 Å². The van der Waals surface area contributed by atoms with E-state index in [1.165, 1.54) is 6.42 Å². The van der Waals surface area contributed by atoms with Gasteiger partial charge in [0.15, 0.2) is 0 Å². The van der Waals surface area contributed by atoms with E-state index in [1.807, 2.05) is 20.0 Å². The third kappa shape index (κ3) is 2.73. The molecule has 2 rings (SSSR count). The highest BCUT2D eigenvalue weighted by molar-refractivity contribution is 5.93. The molecule has 2 atom stereocenters. The Morgan fingerprint density at radius 3 is 2.90 bits per heavy atom. The van der Waals surface area contributed by atoms with Crippen LogP contribution in [0.2, 0.25) is 0 Å². The Bertz CT molecular complexity index is 482. The van der Waals surface area contributed by atoms with Gasteiger partial charge in [-0.25, -0.2) is 0 Å². The van der Waals surface area contributed by atoms with Crippen molar-refractivity contribution in [2.45, 2.75) is 51.5 Å². The maximum atomic E-state index is 12.5. The average Bonchev–Trinajstić information content (AvgIpc) is 2.83. The molecule has 112 valence electrons. The van der Waals surface area contributed by atoms with Gasteiger partial charge in [0.05, 0.1) is 11.2 Å². The van der Waals surface area contributed by atoms with Gasteiger partial charge in [0, 0.05) is 13.6 Å². The minimum absolute atomic E-state index is 0.0566. The normalized spacial score (nSPS) is 26.5. The lowest BCUT2D eigenvalue weighted by atomic mass is 9.73. The lowest BCUT2D eigenvalue weighted by molar-refractivity contribution is 0.0803. The van der Waals surface area contributed by atoms with Gasteiger partial charge >= 0.3 is 0 Å². The van der Waals surface area contributed by atoms with Crippen molar-refractivity contribution in [2.24, 2.45) is 18.7 Å². The van der Waals surface area contributed by atoms with Crippen molar-refractivity contribution >= 4 is 5.91 Å². The molecule has 1 fully saturated rings. The first kappa shape index (κ1) is 15.0. The molecule has 5 heteroatoms. The number of rotatable bonds is 4. The predicted octanol–water partition coefficient (Wildman–Crippen LogP) is 1.62. The number of nitrogens with two attached hydrogens (primary N) is 1. The molecule has 3 N–H and O–H groups in total. The summed E-state index contributed by atoms with van der Waals surface area (Å²) in [5, 5.41) is 7.54. The van der Waals surface area contributed by atoms with Crippen molar-refractivity contribution in [3.05, 3.63) is 17.5 Å². The summed E-state index contributed by atoms with van der Waals surface area (Å²) in [5.41, 5.74) is 7.29. The Kier molecular flexibility index (Phi) is 4.48. The van der Waals surface area contributed by atoms with Gasteiger partial charge in [0.1, 0.15) is 5.69 Å². The summed E-state index contributed by atoms with van der Waals surface area (Å²) in [7, 11) is 1.81. The zero-order chi connectivity index (χ0) is 14.8. The average molecular weight is 278 g/mol. The second-order valence-corrected chi connectivity index (χ2v) is 5.96. The number of amides is 1. The van der Waals surface area contributed by atoms with Gasteiger partial charge in [0.25, 0.3) is 5.91 Å². The Hall–Kier alpha value is -1.36. The van der Waals surface area contributed by atoms with Gasteiger partial charge in [0.2, 0.25) is 0 Å². The number of nitrogens with zero attached hydrogens (tertiary/aromatic N) is 2. The van der Waals surface area contributed by atoms with Crippen molar-refractivity contribution in [1.82, 2.24) is 15.1 Å². The van der Waals surface area contributed by atoms with Crippen molar-refractivity contribution in [1.29, 1.82) is 0 Å².